The zero-order chi connectivity index (χ0) is 12.8. The summed E-state index contributed by atoms with van der Waals surface area (Å²) in [5.74, 6) is 0. The molecule has 106 valence electrons. The van der Waals surface area contributed by atoms with Crippen LogP contribution in [0.4, 0.5) is 0 Å². The molecule has 1 aliphatic heterocycles. The number of unbranched alkanes of at least 4 members (excludes halogenated alkanes) is 2. The Morgan fingerprint density at radius 2 is 1.94 bits per heavy atom. The van der Waals surface area contributed by atoms with E-state index in [4.69, 9.17) is 0 Å². The second-order valence-corrected chi connectivity index (χ2v) is 6.58. The van der Waals surface area contributed by atoms with Gasteiger partial charge in [-0.05, 0) is 45.7 Å². The summed E-state index contributed by atoms with van der Waals surface area (Å²) in [5, 5.41) is 3.91. The third kappa shape index (κ3) is 3.71. The molecule has 1 unspecified atom stereocenters. The van der Waals surface area contributed by atoms with Gasteiger partial charge in [-0.3, -0.25) is 4.90 Å². The van der Waals surface area contributed by atoms with E-state index in [1.165, 1.54) is 77.4 Å². The summed E-state index contributed by atoms with van der Waals surface area (Å²) in [4.78, 5) is 2.78. The molecule has 2 rings (SSSR count). The van der Waals surface area contributed by atoms with Crippen LogP contribution >= 0.6 is 0 Å². The number of hydrogen-bond acceptors (Lipinski definition) is 2. The first-order valence-corrected chi connectivity index (χ1v) is 8.25. The van der Waals surface area contributed by atoms with Crippen molar-refractivity contribution in [3.05, 3.63) is 0 Å². The molecule has 0 aromatic rings. The maximum absolute atomic E-state index is 3.91. The van der Waals surface area contributed by atoms with E-state index in [9.17, 15) is 0 Å². The van der Waals surface area contributed by atoms with Gasteiger partial charge in [0.15, 0.2) is 0 Å². The van der Waals surface area contributed by atoms with E-state index >= 15 is 0 Å². The lowest BCUT2D eigenvalue weighted by Crippen LogP contribution is -2.53. The van der Waals surface area contributed by atoms with Crippen molar-refractivity contribution in [3.63, 3.8) is 0 Å². The minimum atomic E-state index is 0.467. The average Bonchev–Trinajstić information content (AvgIpc) is 2.52. The minimum absolute atomic E-state index is 0.467. The summed E-state index contributed by atoms with van der Waals surface area (Å²) in [7, 11) is 0. The molecule has 2 nitrogen and oxygen atoms in total. The van der Waals surface area contributed by atoms with E-state index in [2.05, 4.69) is 24.1 Å². The van der Waals surface area contributed by atoms with Gasteiger partial charge in [-0.2, -0.15) is 0 Å². The van der Waals surface area contributed by atoms with Gasteiger partial charge in [0.2, 0.25) is 0 Å². The fourth-order valence-corrected chi connectivity index (χ4v) is 3.76. The molecule has 0 amide bonds. The molecule has 0 bridgehead atoms. The van der Waals surface area contributed by atoms with E-state index in [0.29, 0.717) is 5.54 Å². The molecular weight excluding hydrogens is 220 g/mol. The van der Waals surface area contributed by atoms with Gasteiger partial charge in [0.25, 0.3) is 0 Å². The van der Waals surface area contributed by atoms with Crippen LogP contribution in [-0.4, -0.2) is 36.1 Å². The van der Waals surface area contributed by atoms with Crippen molar-refractivity contribution in [3.8, 4) is 0 Å². The Balaban J connectivity index is 1.93. The molecule has 0 radical (unpaired) electrons. The Labute approximate surface area is 114 Å². The highest BCUT2D eigenvalue weighted by Gasteiger charge is 2.36. The second-order valence-electron chi connectivity index (χ2n) is 6.58. The van der Waals surface area contributed by atoms with Gasteiger partial charge in [0.05, 0.1) is 0 Å². The smallest absolute Gasteiger partial charge is 0.0308 e. The molecular formula is C16H32N2. The van der Waals surface area contributed by atoms with Crippen molar-refractivity contribution in [2.45, 2.75) is 83.2 Å². The summed E-state index contributed by atoms with van der Waals surface area (Å²) in [6.07, 6.45) is 12.6. The van der Waals surface area contributed by atoms with Crippen LogP contribution in [0.5, 0.6) is 0 Å². The maximum atomic E-state index is 3.91. The molecule has 1 N–H and O–H groups in total. The maximum Gasteiger partial charge on any atom is 0.0308 e. The molecule has 2 heteroatoms. The van der Waals surface area contributed by atoms with E-state index < -0.39 is 0 Å². The molecule has 1 spiro atoms. The Morgan fingerprint density at radius 1 is 1.17 bits per heavy atom. The summed E-state index contributed by atoms with van der Waals surface area (Å²) >= 11 is 0. The highest BCUT2D eigenvalue weighted by atomic mass is 15.2. The minimum Gasteiger partial charge on any atom is -0.310 e. The van der Waals surface area contributed by atoms with Crippen molar-refractivity contribution in [1.29, 1.82) is 0 Å². The first kappa shape index (κ1) is 14.3. The zero-order valence-corrected chi connectivity index (χ0v) is 12.5. The van der Waals surface area contributed by atoms with Crippen LogP contribution in [0.25, 0.3) is 0 Å². The van der Waals surface area contributed by atoms with Gasteiger partial charge in [-0.15, -0.1) is 0 Å². The molecule has 0 aromatic heterocycles. The standard InChI is InChI=1S/C16H32N2/c1-3-4-8-13-18-14-16(10-6-5-7-11-16)17-12-9-15(18)2/h15,17H,3-14H2,1-2H3. The van der Waals surface area contributed by atoms with Gasteiger partial charge < -0.3 is 5.32 Å². The summed E-state index contributed by atoms with van der Waals surface area (Å²) in [6, 6.07) is 0.774. The molecule has 1 saturated carbocycles. The lowest BCUT2D eigenvalue weighted by atomic mass is 9.81. The normalized spacial score (nSPS) is 29.3. The fourth-order valence-electron chi connectivity index (χ4n) is 3.76. The predicted molar refractivity (Wildman–Crippen MR) is 79.0 cm³/mol. The van der Waals surface area contributed by atoms with Crippen molar-refractivity contribution >= 4 is 0 Å². The van der Waals surface area contributed by atoms with Gasteiger partial charge >= 0.3 is 0 Å². The zero-order valence-electron chi connectivity index (χ0n) is 12.5. The number of nitrogens with one attached hydrogen (secondary N) is 1. The molecule has 1 atom stereocenters. The van der Waals surface area contributed by atoms with Gasteiger partial charge in [-0.25, -0.2) is 0 Å². The van der Waals surface area contributed by atoms with Crippen LogP contribution in [0.1, 0.15) is 71.6 Å². The van der Waals surface area contributed by atoms with Crippen LogP contribution in [0.3, 0.4) is 0 Å². The lowest BCUT2D eigenvalue weighted by Gasteiger charge is -2.41. The first-order valence-electron chi connectivity index (χ1n) is 8.25. The summed E-state index contributed by atoms with van der Waals surface area (Å²) < 4.78 is 0. The number of nitrogens with zero attached hydrogens (tertiary/aromatic N) is 1. The number of hydrogen-bond donors (Lipinski definition) is 1. The molecule has 0 aromatic carbocycles. The third-order valence-corrected chi connectivity index (χ3v) is 5.05. The van der Waals surface area contributed by atoms with Gasteiger partial charge in [0.1, 0.15) is 0 Å². The number of rotatable bonds is 4. The van der Waals surface area contributed by atoms with Crippen molar-refractivity contribution in [2.24, 2.45) is 0 Å². The van der Waals surface area contributed by atoms with E-state index in [0.717, 1.165) is 6.04 Å². The Kier molecular flexibility index (Phi) is 5.50. The highest BCUT2D eigenvalue weighted by Crippen LogP contribution is 2.31. The lowest BCUT2D eigenvalue weighted by molar-refractivity contribution is 0.136. The van der Waals surface area contributed by atoms with Crippen LogP contribution < -0.4 is 5.32 Å². The SMILES string of the molecule is CCCCCN1CC2(CCCCC2)NCCC1C. The van der Waals surface area contributed by atoms with Crippen LogP contribution in [0.2, 0.25) is 0 Å². The van der Waals surface area contributed by atoms with Crippen LogP contribution in [-0.2, 0) is 0 Å². The van der Waals surface area contributed by atoms with Gasteiger partial charge in [0, 0.05) is 18.1 Å². The van der Waals surface area contributed by atoms with E-state index in [-0.39, 0.29) is 0 Å². The quantitative estimate of drug-likeness (QED) is 0.770. The molecule has 2 fully saturated rings. The Morgan fingerprint density at radius 3 is 2.67 bits per heavy atom. The monoisotopic (exact) mass is 252 g/mol. The highest BCUT2D eigenvalue weighted by molar-refractivity contribution is 4.96. The van der Waals surface area contributed by atoms with Crippen LogP contribution in [0, 0.1) is 0 Å². The van der Waals surface area contributed by atoms with E-state index in [1.54, 1.807) is 0 Å². The fraction of sp³-hybridized carbons (Fsp3) is 1.00. The molecule has 1 saturated heterocycles. The predicted octanol–water partition coefficient (Wildman–Crippen LogP) is 3.56. The van der Waals surface area contributed by atoms with E-state index in [1.807, 2.05) is 0 Å². The molecule has 18 heavy (non-hydrogen) atoms. The van der Waals surface area contributed by atoms with Crippen molar-refractivity contribution in [1.82, 2.24) is 10.2 Å². The second kappa shape index (κ2) is 6.91. The van der Waals surface area contributed by atoms with Crippen molar-refractivity contribution in [2.75, 3.05) is 19.6 Å². The van der Waals surface area contributed by atoms with Crippen molar-refractivity contribution < 1.29 is 0 Å². The molecule has 1 heterocycles. The largest absolute Gasteiger partial charge is 0.310 e. The topological polar surface area (TPSA) is 15.3 Å². The molecule has 2 aliphatic rings. The van der Waals surface area contributed by atoms with Gasteiger partial charge in [-0.1, -0.05) is 39.0 Å². The Hall–Kier alpha value is -0.0800. The Bertz CT molecular complexity index is 233. The summed E-state index contributed by atoms with van der Waals surface area (Å²) in [6.45, 7) is 8.58. The first-order chi connectivity index (χ1) is 8.76. The van der Waals surface area contributed by atoms with Crippen LogP contribution in [0.15, 0.2) is 0 Å². The summed E-state index contributed by atoms with van der Waals surface area (Å²) in [5.41, 5.74) is 0.467. The molecule has 1 aliphatic carbocycles. The third-order valence-electron chi connectivity index (χ3n) is 5.05. The average molecular weight is 252 g/mol.